The summed E-state index contributed by atoms with van der Waals surface area (Å²) in [5, 5.41) is 0. The number of halogens is 1. The Morgan fingerprint density at radius 2 is 2.12 bits per heavy atom. The number of carbonyl (C=O) groups excluding carboxylic acids is 1. The number of rotatable bonds is 6. The minimum absolute atomic E-state index is 0.0806. The highest BCUT2D eigenvalue weighted by molar-refractivity contribution is 9.10. The zero-order valence-corrected chi connectivity index (χ0v) is 15.7. The summed E-state index contributed by atoms with van der Waals surface area (Å²) in [5.41, 5.74) is 0.607. The third kappa shape index (κ3) is 4.58. The summed E-state index contributed by atoms with van der Waals surface area (Å²) in [7, 11) is 0. The molecule has 0 radical (unpaired) electrons. The molecule has 2 aromatic rings. The Kier molecular flexibility index (Phi) is 6.04. The van der Waals surface area contributed by atoms with Gasteiger partial charge in [-0.1, -0.05) is 0 Å². The van der Waals surface area contributed by atoms with Gasteiger partial charge in [0.15, 0.2) is 0 Å². The highest BCUT2D eigenvalue weighted by Crippen LogP contribution is 2.20. The van der Waals surface area contributed by atoms with Gasteiger partial charge < -0.3 is 9.47 Å². The minimum Gasteiger partial charge on any atom is -0.491 e. The summed E-state index contributed by atoms with van der Waals surface area (Å²) >= 11 is 3.36. The number of pyridine rings is 1. The van der Waals surface area contributed by atoms with Crippen molar-refractivity contribution in [1.29, 1.82) is 0 Å². The maximum absolute atomic E-state index is 12.8. The summed E-state index contributed by atoms with van der Waals surface area (Å²) in [6.45, 7) is 3.85. The van der Waals surface area contributed by atoms with Gasteiger partial charge in [-0.15, -0.1) is 0 Å². The Labute approximate surface area is 156 Å². The first kappa shape index (κ1) is 17.9. The van der Waals surface area contributed by atoms with E-state index in [1.54, 1.807) is 23.2 Å². The molecule has 1 aromatic heterocycles. The molecule has 1 fully saturated rings. The minimum atomic E-state index is -0.0806. The summed E-state index contributed by atoms with van der Waals surface area (Å²) < 4.78 is 12.2. The zero-order valence-electron chi connectivity index (χ0n) is 14.2. The highest BCUT2D eigenvalue weighted by atomic mass is 79.9. The number of benzene rings is 1. The van der Waals surface area contributed by atoms with Gasteiger partial charge in [-0.05, 0) is 72.1 Å². The van der Waals surface area contributed by atoms with Crippen LogP contribution in [0.1, 0.15) is 30.1 Å². The van der Waals surface area contributed by atoms with Crippen LogP contribution < -0.4 is 9.64 Å². The Balaban J connectivity index is 1.65. The first-order valence-corrected chi connectivity index (χ1v) is 9.24. The molecule has 0 bridgehead atoms. The van der Waals surface area contributed by atoms with Crippen LogP contribution in [0.3, 0.4) is 0 Å². The molecule has 1 aliphatic heterocycles. The van der Waals surface area contributed by atoms with Crippen LogP contribution in [-0.2, 0) is 4.74 Å². The first-order chi connectivity index (χ1) is 12.2. The predicted molar refractivity (Wildman–Crippen MR) is 100 cm³/mol. The van der Waals surface area contributed by atoms with E-state index in [0.29, 0.717) is 24.5 Å². The molecule has 0 aliphatic carbocycles. The molecule has 6 heteroatoms. The van der Waals surface area contributed by atoms with E-state index in [4.69, 9.17) is 9.47 Å². The molecule has 1 aromatic carbocycles. The third-order valence-electron chi connectivity index (χ3n) is 4.11. The number of nitrogens with zero attached hydrogens (tertiary/aromatic N) is 2. The lowest BCUT2D eigenvalue weighted by Crippen LogP contribution is -2.31. The topological polar surface area (TPSA) is 51.7 Å². The van der Waals surface area contributed by atoms with Crippen LogP contribution in [0.4, 0.5) is 5.82 Å². The Bertz CT molecular complexity index is 698. The van der Waals surface area contributed by atoms with Gasteiger partial charge in [0, 0.05) is 29.4 Å². The molecule has 132 valence electrons. The van der Waals surface area contributed by atoms with Crippen molar-refractivity contribution in [2.24, 2.45) is 0 Å². The first-order valence-electron chi connectivity index (χ1n) is 8.45. The van der Waals surface area contributed by atoms with Crippen LogP contribution in [-0.4, -0.2) is 36.8 Å². The normalized spacial score (nSPS) is 16.6. The van der Waals surface area contributed by atoms with Crippen molar-refractivity contribution in [3.63, 3.8) is 0 Å². The van der Waals surface area contributed by atoms with Crippen LogP contribution in [0.2, 0.25) is 0 Å². The Hall–Kier alpha value is -1.92. The number of hydrogen-bond donors (Lipinski definition) is 0. The number of carbonyl (C=O) groups is 1. The number of amides is 1. The van der Waals surface area contributed by atoms with E-state index < -0.39 is 0 Å². The third-order valence-corrected chi connectivity index (χ3v) is 4.58. The smallest absolute Gasteiger partial charge is 0.259 e. The fraction of sp³-hybridized carbons (Fsp3) is 0.368. The molecule has 1 unspecified atom stereocenters. The Morgan fingerprint density at radius 1 is 1.32 bits per heavy atom. The van der Waals surface area contributed by atoms with Crippen molar-refractivity contribution >= 4 is 27.7 Å². The van der Waals surface area contributed by atoms with Crippen LogP contribution in [0, 0.1) is 0 Å². The van der Waals surface area contributed by atoms with E-state index >= 15 is 0 Å². The second-order valence-corrected chi connectivity index (χ2v) is 6.77. The molecule has 0 N–H and O–H groups in total. The summed E-state index contributed by atoms with van der Waals surface area (Å²) in [6, 6.07) is 10.9. The van der Waals surface area contributed by atoms with E-state index in [0.717, 1.165) is 29.7 Å². The SMILES string of the molecule is CCN(C(=O)c1ccc(OCC2CCCO2)cc1)c1ccc(Br)cn1. The molecule has 25 heavy (non-hydrogen) atoms. The molecule has 5 nitrogen and oxygen atoms in total. The maximum atomic E-state index is 12.8. The summed E-state index contributed by atoms with van der Waals surface area (Å²) in [6.07, 6.45) is 4.01. The van der Waals surface area contributed by atoms with Crippen LogP contribution in [0.15, 0.2) is 47.1 Å². The second-order valence-electron chi connectivity index (χ2n) is 5.85. The number of hydrogen-bond acceptors (Lipinski definition) is 4. The number of aromatic nitrogens is 1. The van der Waals surface area contributed by atoms with Crippen molar-refractivity contribution in [2.45, 2.75) is 25.9 Å². The largest absolute Gasteiger partial charge is 0.491 e. The second kappa shape index (κ2) is 8.45. The van der Waals surface area contributed by atoms with Gasteiger partial charge in [0.2, 0.25) is 0 Å². The van der Waals surface area contributed by atoms with Gasteiger partial charge >= 0.3 is 0 Å². The lowest BCUT2D eigenvalue weighted by Gasteiger charge is -2.20. The highest BCUT2D eigenvalue weighted by Gasteiger charge is 2.18. The van der Waals surface area contributed by atoms with Crippen molar-refractivity contribution in [1.82, 2.24) is 4.98 Å². The van der Waals surface area contributed by atoms with Crippen molar-refractivity contribution in [3.8, 4) is 5.75 Å². The monoisotopic (exact) mass is 404 g/mol. The van der Waals surface area contributed by atoms with Gasteiger partial charge in [-0.2, -0.15) is 0 Å². The zero-order chi connectivity index (χ0) is 17.6. The van der Waals surface area contributed by atoms with E-state index in [9.17, 15) is 4.79 Å². The van der Waals surface area contributed by atoms with Gasteiger partial charge in [-0.3, -0.25) is 9.69 Å². The number of ether oxygens (including phenoxy) is 2. The average molecular weight is 405 g/mol. The molecule has 1 aliphatic rings. The molecular weight excluding hydrogens is 384 g/mol. The fourth-order valence-corrected chi connectivity index (χ4v) is 2.99. The van der Waals surface area contributed by atoms with E-state index in [2.05, 4.69) is 20.9 Å². The van der Waals surface area contributed by atoms with E-state index in [1.807, 2.05) is 31.2 Å². The summed E-state index contributed by atoms with van der Waals surface area (Å²) in [4.78, 5) is 18.7. The average Bonchev–Trinajstić information content (AvgIpc) is 3.16. The van der Waals surface area contributed by atoms with Crippen molar-refractivity contribution < 1.29 is 14.3 Å². The molecule has 3 rings (SSSR count). The van der Waals surface area contributed by atoms with Crippen LogP contribution >= 0.6 is 15.9 Å². The molecule has 0 spiro atoms. The molecule has 0 saturated carbocycles. The van der Waals surface area contributed by atoms with E-state index in [1.165, 1.54) is 0 Å². The maximum Gasteiger partial charge on any atom is 0.259 e. The van der Waals surface area contributed by atoms with Gasteiger partial charge in [0.05, 0.1) is 6.10 Å². The predicted octanol–water partition coefficient (Wildman–Crippen LogP) is 4.07. The van der Waals surface area contributed by atoms with Gasteiger partial charge in [0.25, 0.3) is 5.91 Å². The van der Waals surface area contributed by atoms with E-state index in [-0.39, 0.29) is 12.0 Å². The number of anilines is 1. The fourth-order valence-electron chi connectivity index (χ4n) is 2.75. The van der Waals surface area contributed by atoms with Crippen molar-refractivity contribution in [2.75, 3.05) is 24.7 Å². The lowest BCUT2D eigenvalue weighted by molar-refractivity contribution is 0.0679. The molecule has 2 heterocycles. The van der Waals surface area contributed by atoms with Gasteiger partial charge in [-0.25, -0.2) is 4.98 Å². The quantitative estimate of drug-likeness (QED) is 0.727. The van der Waals surface area contributed by atoms with Gasteiger partial charge in [0.1, 0.15) is 18.2 Å². The lowest BCUT2D eigenvalue weighted by atomic mass is 10.2. The van der Waals surface area contributed by atoms with Crippen LogP contribution in [0.25, 0.3) is 0 Å². The standard InChI is InChI=1S/C19H21BrN2O3/c1-2-22(18-10-7-15(20)12-21-18)19(23)14-5-8-16(9-6-14)25-13-17-4-3-11-24-17/h5-10,12,17H,2-4,11,13H2,1H3. The summed E-state index contributed by atoms with van der Waals surface area (Å²) in [5.74, 6) is 1.30. The molecule has 1 atom stereocenters. The molecule has 1 amide bonds. The molecular formula is C19H21BrN2O3. The van der Waals surface area contributed by atoms with Crippen LogP contribution in [0.5, 0.6) is 5.75 Å². The Morgan fingerprint density at radius 3 is 2.72 bits per heavy atom. The van der Waals surface area contributed by atoms with Crippen molar-refractivity contribution in [3.05, 3.63) is 52.6 Å². The molecule has 1 saturated heterocycles.